The number of aromatic nitrogens is 2. The third-order valence-corrected chi connectivity index (χ3v) is 3.23. The van der Waals surface area contributed by atoms with Crippen LogP contribution >= 0.6 is 11.6 Å². The van der Waals surface area contributed by atoms with Crippen molar-refractivity contribution in [1.82, 2.24) is 10.2 Å². The van der Waals surface area contributed by atoms with Gasteiger partial charge in [0.2, 0.25) is 5.88 Å². The summed E-state index contributed by atoms with van der Waals surface area (Å²) >= 11 is 5.88. The Morgan fingerprint density at radius 3 is 2.56 bits per heavy atom. The lowest BCUT2D eigenvalue weighted by molar-refractivity contribution is 0.0230. The van der Waals surface area contributed by atoms with Gasteiger partial charge in [0.05, 0.1) is 13.2 Å². The highest BCUT2D eigenvalue weighted by atomic mass is 35.5. The maximum atomic E-state index is 5.88. The zero-order valence-electron chi connectivity index (χ0n) is 9.49. The van der Waals surface area contributed by atoms with Gasteiger partial charge in [-0.2, -0.15) is 0 Å². The van der Waals surface area contributed by atoms with E-state index in [1.54, 1.807) is 0 Å². The van der Waals surface area contributed by atoms with Crippen LogP contribution in [0.1, 0.15) is 24.0 Å². The van der Waals surface area contributed by atoms with E-state index in [0.717, 1.165) is 37.2 Å². The topological polar surface area (TPSA) is 44.2 Å². The molecular formula is C11H15ClN2O2. The van der Waals surface area contributed by atoms with Gasteiger partial charge < -0.3 is 9.47 Å². The highest BCUT2D eigenvalue weighted by molar-refractivity contribution is 6.30. The third kappa shape index (κ3) is 2.44. The Hall–Kier alpha value is -0.870. The number of hydrogen-bond donors (Lipinski definition) is 0. The molecule has 2 rings (SSSR count). The van der Waals surface area contributed by atoms with Gasteiger partial charge in [-0.3, -0.25) is 0 Å². The molecule has 1 aromatic heterocycles. The summed E-state index contributed by atoms with van der Waals surface area (Å²) in [6.07, 6.45) is 1.99. The molecule has 1 aromatic rings. The summed E-state index contributed by atoms with van der Waals surface area (Å²) in [6.45, 7) is 5.38. The van der Waals surface area contributed by atoms with Crippen molar-refractivity contribution in [2.45, 2.75) is 32.8 Å². The van der Waals surface area contributed by atoms with Crippen LogP contribution in [-0.2, 0) is 4.74 Å². The number of ether oxygens (including phenoxy) is 2. The third-order valence-electron chi connectivity index (χ3n) is 2.87. The van der Waals surface area contributed by atoms with Gasteiger partial charge in [0.15, 0.2) is 5.15 Å². The molecule has 1 aliphatic heterocycles. The summed E-state index contributed by atoms with van der Waals surface area (Å²) in [5.74, 6) is 0.591. The van der Waals surface area contributed by atoms with Crippen LogP contribution in [0.25, 0.3) is 0 Å². The van der Waals surface area contributed by atoms with Crippen molar-refractivity contribution in [2.24, 2.45) is 0 Å². The predicted molar refractivity (Wildman–Crippen MR) is 61.0 cm³/mol. The average Bonchev–Trinajstić information content (AvgIpc) is 2.31. The SMILES string of the molecule is Cc1c(Cl)nnc(OC2CCOCC2)c1C. The first-order valence-electron chi connectivity index (χ1n) is 5.42. The van der Waals surface area contributed by atoms with Crippen LogP contribution in [0, 0.1) is 13.8 Å². The maximum absolute atomic E-state index is 5.88. The van der Waals surface area contributed by atoms with Crippen LogP contribution in [0.2, 0.25) is 5.15 Å². The molecule has 0 bridgehead atoms. The highest BCUT2D eigenvalue weighted by Crippen LogP contribution is 2.24. The molecule has 0 aliphatic carbocycles. The zero-order chi connectivity index (χ0) is 11.5. The second-order valence-electron chi connectivity index (χ2n) is 3.98. The number of hydrogen-bond acceptors (Lipinski definition) is 4. The van der Waals surface area contributed by atoms with E-state index in [1.807, 2.05) is 13.8 Å². The molecule has 1 aliphatic rings. The minimum absolute atomic E-state index is 0.183. The van der Waals surface area contributed by atoms with Gasteiger partial charge in [0.25, 0.3) is 0 Å². The molecule has 0 saturated carbocycles. The number of halogens is 1. The second kappa shape index (κ2) is 4.97. The normalized spacial score (nSPS) is 17.4. The standard InChI is InChI=1S/C11H15ClN2O2/c1-7-8(2)11(14-13-10(7)12)16-9-3-5-15-6-4-9/h9H,3-6H2,1-2H3. The van der Waals surface area contributed by atoms with Crippen molar-refractivity contribution in [2.75, 3.05) is 13.2 Å². The minimum atomic E-state index is 0.183. The largest absolute Gasteiger partial charge is 0.473 e. The Morgan fingerprint density at radius 2 is 1.88 bits per heavy atom. The lowest BCUT2D eigenvalue weighted by Gasteiger charge is -2.23. The molecule has 0 spiro atoms. The van der Waals surface area contributed by atoms with Crippen LogP contribution in [0.4, 0.5) is 0 Å². The number of nitrogens with zero attached hydrogens (tertiary/aromatic N) is 2. The summed E-state index contributed by atoms with van der Waals surface area (Å²) in [6, 6.07) is 0. The lowest BCUT2D eigenvalue weighted by atomic mass is 10.1. The Balaban J connectivity index is 2.11. The van der Waals surface area contributed by atoms with Gasteiger partial charge in [-0.05, 0) is 19.4 Å². The van der Waals surface area contributed by atoms with Gasteiger partial charge >= 0.3 is 0 Å². The summed E-state index contributed by atoms with van der Waals surface area (Å²) < 4.78 is 11.1. The van der Waals surface area contributed by atoms with Crippen LogP contribution in [0.15, 0.2) is 0 Å². The van der Waals surface area contributed by atoms with Crippen molar-refractivity contribution in [1.29, 1.82) is 0 Å². The van der Waals surface area contributed by atoms with Crippen molar-refractivity contribution in [3.8, 4) is 5.88 Å². The number of rotatable bonds is 2. The molecule has 0 N–H and O–H groups in total. The van der Waals surface area contributed by atoms with E-state index in [4.69, 9.17) is 21.1 Å². The maximum Gasteiger partial charge on any atom is 0.237 e. The summed E-state index contributed by atoms with van der Waals surface area (Å²) in [4.78, 5) is 0. The summed E-state index contributed by atoms with van der Waals surface area (Å²) in [7, 11) is 0. The van der Waals surface area contributed by atoms with Crippen LogP contribution in [0.5, 0.6) is 5.88 Å². The van der Waals surface area contributed by atoms with E-state index >= 15 is 0 Å². The van der Waals surface area contributed by atoms with Crippen LogP contribution < -0.4 is 4.74 Å². The Kier molecular flexibility index (Phi) is 3.61. The first-order valence-corrected chi connectivity index (χ1v) is 5.80. The van der Waals surface area contributed by atoms with Crippen LogP contribution in [-0.4, -0.2) is 29.5 Å². The lowest BCUT2D eigenvalue weighted by Crippen LogP contribution is -2.26. The van der Waals surface area contributed by atoms with E-state index < -0.39 is 0 Å². The molecule has 4 nitrogen and oxygen atoms in total. The molecular weight excluding hydrogens is 228 g/mol. The molecule has 0 amide bonds. The summed E-state index contributed by atoms with van der Waals surface area (Å²) in [5, 5.41) is 8.29. The quantitative estimate of drug-likeness (QED) is 0.798. The molecule has 0 unspecified atom stereocenters. The predicted octanol–water partition coefficient (Wildman–Crippen LogP) is 2.30. The van der Waals surface area contributed by atoms with Crippen molar-refractivity contribution in [3.05, 3.63) is 16.3 Å². The molecule has 5 heteroatoms. The minimum Gasteiger partial charge on any atom is -0.473 e. The molecule has 16 heavy (non-hydrogen) atoms. The molecule has 0 atom stereocenters. The van der Waals surface area contributed by atoms with Gasteiger partial charge in [-0.1, -0.05) is 11.6 Å². The zero-order valence-corrected chi connectivity index (χ0v) is 10.3. The smallest absolute Gasteiger partial charge is 0.237 e. The Labute approximate surface area is 99.9 Å². The van der Waals surface area contributed by atoms with Crippen LogP contribution in [0.3, 0.4) is 0 Å². The van der Waals surface area contributed by atoms with Crippen molar-refractivity contribution < 1.29 is 9.47 Å². The first kappa shape index (κ1) is 11.6. The Bertz CT molecular complexity index is 378. The highest BCUT2D eigenvalue weighted by Gasteiger charge is 2.18. The second-order valence-corrected chi connectivity index (χ2v) is 4.33. The molecule has 88 valence electrons. The first-order chi connectivity index (χ1) is 7.68. The van der Waals surface area contributed by atoms with Gasteiger partial charge in [0, 0.05) is 18.4 Å². The van der Waals surface area contributed by atoms with Gasteiger partial charge in [-0.25, -0.2) is 0 Å². The van der Waals surface area contributed by atoms with E-state index in [2.05, 4.69) is 10.2 Å². The van der Waals surface area contributed by atoms with Gasteiger partial charge in [0.1, 0.15) is 6.10 Å². The van der Waals surface area contributed by atoms with E-state index in [-0.39, 0.29) is 6.10 Å². The molecule has 2 heterocycles. The van der Waals surface area contributed by atoms with Crippen molar-refractivity contribution >= 4 is 11.6 Å². The molecule has 0 radical (unpaired) electrons. The fraction of sp³-hybridized carbons (Fsp3) is 0.636. The molecule has 1 saturated heterocycles. The molecule has 0 aromatic carbocycles. The van der Waals surface area contributed by atoms with E-state index in [0.29, 0.717) is 11.0 Å². The molecule has 1 fully saturated rings. The summed E-state index contributed by atoms with van der Waals surface area (Å²) in [5.41, 5.74) is 1.89. The average molecular weight is 243 g/mol. The monoisotopic (exact) mass is 242 g/mol. The fourth-order valence-corrected chi connectivity index (χ4v) is 1.80. The Morgan fingerprint density at radius 1 is 1.19 bits per heavy atom. The van der Waals surface area contributed by atoms with Gasteiger partial charge in [-0.15, -0.1) is 10.2 Å². The fourth-order valence-electron chi connectivity index (χ4n) is 1.62. The van der Waals surface area contributed by atoms with E-state index in [9.17, 15) is 0 Å². The van der Waals surface area contributed by atoms with Crippen molar-refractivity contribution in [3.63, 3.8) is 0 Å². The van der Waals surface area contributed by atoms with E-state index in [1.165, 1.54) is 0 Å².